The number of nitrogens with zero attached hydrogens (tertiary/aromatic N) is 5. The lowest BCUT2D eigenvalue weighted by atomic mass is 10.0. The SMILES string of the molecule is CCOC[C@H](NC(=O)[C@H](C)NCc1ccc(Cl)cc1Oc1ccc(-c2cnc(CN(C)C)n2C)cc1)C(=O)N(C)[C@H](CC(=O)NC[C@H](C)N(C)C(=O)[C@H](C)CC(=O)O)Cc1ccc(Cl)cc1. The van der Waals surface area contributed by atoms with Gasteiger partial charge in [0.05, 0.1) is 37.5 Å². The number of carboxylic acids is 1. The first-order valence-electron chi connectivity index (χ1n) is 21.9. The summed E-state index contributed by atoms with van der Waals surface area (Å²) in [5, 5.41) is 19.1. The van der Waals surface area contributed by atoms with Crippen LogP contribution in [0.3, 0.4) is 0 Å². The van der Waals surface area contributed by atoms with Crippen LogP contribution in [0.25, 0.3) is 11.3 Å². The molecule has 0 aliphatic carbocycles. The fourth-order valence-electron chi connectivity index (χ4n) is 7.06. The number of benzene rings is 3. The molecule has 0 radical (unpaired) electrons. The Balaban J connectivity index is 1.42. The molecule has 4 aromatic rings. The second-order valence-corrected chi connectivity index (χ2v) is 17.7. The number of imidazole rings is 1. The Bertz CT molecular complexity index is 2260. The number of ether oxygens (including phenoxy) is 2. The molecule has 4 amide bonds. The van der Waals surface area contributed by atoms with E-state index in [-0.39, 0.29) is 44.4 Å². The molecule has 0 fully saturated rings. The Morgan fingerprint density at radius 1 is 0.864 bits per heavy atom. The van der Waals surface area contributed by atoms with E-state index in [9.17, 15) is 24.0 Å². The summed E-state index contributed by atoms with van der Waals surface area (Å²) in [6, 6.07) is 17.1. The van der Waals surface area contributed by atoms with E-state index in [0.29, 0.717) is 41.1 Å². The van der Waals surface area contributed by atoms with Crippen molar-refractivity contribution in [1.82, 2.24) is 40.2 Å². The maximum absolute atomic E-state index is 14.3. The van der Waals surface area contributed by atoms with Crippen molar-refractivity contribution < 1.29 is 38.6 Å². The minimum absolute atomic E-state index is 0.0992. The molecule has 4 rings (SSSR count). The van der Waals surface area contributed by atoms with E-state index in [1.807, 2.05) is 69.8 Å². The summed E-state index contributed by atoms with van der Waals surface area (Å²) < 4.78 is 14.0. The van der Waals surface area contributed by atoms with Gasteiger partial charge in [-0.3, -0.25) is 24.0 Å². The van der Waals surface area contributed by atoms with Crippen molar-refractivity contribution in [2.24, 2.45) is 13.0 Å². The second-order valence-electron chi connectivity index (χ2n) is 16.8. The van der Waals surface area contributed by atoms with Crippen LogP contribution in [-0.2, 0) is 55.3 Å². The zero-order valence-corrected chi connectivity index (χ0v) is 40.8. The molecule has 5 atom stereocenters. The zero-order chi connectivity index (χ0) is 48.7. The summed E-state index contributed by atoms with van der Waals surface area (Å²) in [4.78, 5) is 74.9. The number of carboxylic acid groups (broad SMARTS) is 1. The number of amides is 4. The Hall–Kier alpha value is -5.52. The predicted molar refractivity (Wildman–Crippen MR) is 255 cm³/mol. The number of aromatic nitrogens is 2. The van der Waals surface area contributed by atoms with Crippen LogP contribution in [0.15, 0.2) is 72.9 Å². The van der Waals surface area contributed by atoms with Crippen LogP contribution in [-0.4, -0.2) is 131 Å². The van der Waals surface area contributed by atoms with Gasteiger partial charge in [0.15, 0.2) is 0 Å². The van der Waals surface area contributed by atoms with Gasteiger partial charge in [-0.05, 0) is 95.4 Å². The molecule has 0 bridgehead atoms. The van der Waals surface area contributed by atoms with Gasteiger partial charge < -0.3 is 49.8 Å². The average molecular weight is 952 g/mol. The van der Waals surface area contributed by atoms with Crippen molar-refractivity contribution in [1.29, 1.82) is 0 Å². The molecular formula is C48H64Cl2N8O8. The highest BCUT2D eigenvalue weighted by molar-refractivity contribution is 6.31. The van der Waals surface area contributed by atoms with E-state index < -0.39 is 47.9 Å². The van der Waals surface area contributed by atoms with Gasteiger partial charge in [0.1, 0.15) is 23.4 Å². The van der Waals surface area contributed by atoms with Crippen molar-refractivity contribution in [3.8, 4) is 22.8 Å². The summed E-state index contributed by atoms with van der Waals surface area (Å²) in [7, 11) is 9.14. The van der Waals surface area contributed by atoms with Crippen molar-refractivity contribution in [3.63, 3.8) is 0 Å². The summed E-state index contributed by atoms with van der Waals surface area (Å²) in [6.07, 6.45) is 1.74. The first-order chi connectivity index (χ1) is 31.3. The van der Waals surface area contributed by atoms with E-state index in [2.05, 4.69) is 30.4 Å². The molecule has 3 aromatic carbocycles. The van der Waals surface area contributed by atoms with Gasteiger partial charge in [0.2, 0.25) is 23.6 Å². The first kappa shape index (κ1) is 53.1. The third-order valence-corrected chi connectivity index (χ3v) is 11.7. The molecule has 1 heterocycles. The maximum Gasteiger partial charge on any atom is 0.304 e. The van der Waals surface area contributed by atoms with Crippen LogP contribution in [0, 0.1) is 5.92 Å². The van der Waals surface area contributed by atoms with Gasteiger partial charge in [-0.1, -0.05) is 48.3 Å². The van der Waals surface area contributed by atoms with Crippen LogP contribution < -0.4 is 20.7 Å². The molecule has 0 saturated carbocycles. The van der Waals surface area contributed by atoms with Gasteiger partial charge in [0, 0.05) is 86.4 Å². The molecule has 0 aliphatic rings. The number of halogens is 2. The topological polar surface area (TPSA) is 188 Å². The lowest BCUT2D eigenvalue weighted by Gasteiger charge is -2.32. The summed E-state index contributed by atoms with van der Waals surface area (Å²) >= 11 is 12.6. The fourth-order valence-corrected chi connectivity index (χ4v) is 7.35. The van der Waals surface area contributed by atoms with E-state index in [1.54, 1.807) is 66.1 Å². The van der Waals surface area contributed by atoms with E-state index in [4.69, 9.17) is 37.8 Å². The molecule has 358 valence electrons. The van der Waals surface area contributed by atoms with Crippen molar-refractivity contribution >= 4 is 52.8 Å². The number of carbonyl (C=O) groups is 5. The third-order valence-electron chi connectivity index (χ3n) is 11.3. The zero-order valence-electron chi connectivity index (χ0n) is 39.3. The number of hydrogen-bond acceptors (Lipinski definition) is 10. The molecule has 0 spiro atoms. The third kappa shape index (κ3) is 15.8. The lowest BCUT2D eigenvalue weighted by Crippen LogP contribution is -2.56. The Morgan fingerprint density at radius 2 is 1.53 bits per heavy atom. The molecule has 4 N–H and O–H groups in total. The van der Waals surface area contributed by atoms with Gasteiger partial charge in [-0.25, -0.2) is 4.98 Å². The summed E-state index contributed by atoms with van der Waals surface area (Å²) in [5.74, 6) is -1.39. The van der Waals surface area contributed by atoms with E-state index in [1.165, 1.54) is 9.80 Å². The normalized spacial score (nSPS) is 13.6. The molecule has 0 unspecified atom stereocenters. The van der Waals surface area contributed by atoms with Crippen molar-refractivity contribution in [2.75, 3.05) is 47.9 Å². The van der Waals surface area contributed by atoms with Crippen LogP contribution in [0.2, 0.25) is 10.0 Å². The number of rotatable bonds is 25. The highest BCUT2D eigenvalue weighted by atomic mass is 35.5. The van der Waals surface area contributed by atoms with Gasteiger partial charge in [-0.2, -0.15) is 0 Å². The van der Waals surface area contributed by atoms with Crippen LogP contribution in [0.5, 0.6) is 11.5 Å². The highest BCUT2D eigenvalue weighted by Gasteiger charge is 2.32. The molecule has 16 nitrogen and oxygen atoms in total. The van der Waals surface area contributed by atoms with Crippen LogP contribution in [0.1, 0.15) is 57.5 Å². The number of carbonyl (C=O) groups excluding carboxylic acids is 4. The second kappa shape index (κ2) is 25.4. The van der Waals surface area contributed by atoms with Crippen molar-refractivity contribution in [3.05, 3.63) is 99.9 Å². The molecule has 66 heavy (non-hydrogen) atoms. The number of likely N-dealkylation sites (N-methyl/N-ethyl adjacent to an activating group) is 2. The fraction of sp³-hybridized carbons (Fsp3) is 0.458. The highest BCUT2D eigenvalue weighted by Crippen LogP contribution is 2.31. The quantitative estimate of drug-likeness (QED) is 0.0631. The maximum atomic E-state index is 14.3. The molecule has 1 aromatic heterocycles. The van der Waals surface area contributed by atoms with Crippen LogP contribution >= 0.6 is 23.2 Å². The minimum Gasteiger partial charge on any atom is -0.481 e. The number of nitrogens with one attached hydrogen (secondary N) is 3. The Labute approximate surface area is 397 Å². The summed E-state index contributed by atoms with van der Waals surface area (Å²) in [6.45, 7) is 7.99. The smallest absolute Gasteiger partial charge is 0.304 e. The molecule has 0 aliphatic heterocycles. The predicted octanol–water partition coefficient (Wildman–Crippen LogP) is 5.78. The van der Waals surface area contributed by atoms with Crippen molar-refractivity contribution in [2.45, 2.75) is 84.2 Å². The molecule has 18 heteroatoms. The Kier molecular flexibility index (Phi) is 20.4. The number of aliphatic carboxylic acids is 1. The van der Waals surface area contributed by atoms with E-state index >= 15 is 0 Å². The first-order valence-corrected chi connectivity index (χ1v) is 22.6. The standard InChI is InChI=1S/C48H64Cl2N8O8/c1-10-65-29-40(48(64)57(8)38(22-33-11-16-36(49)17-12-33)24-44(59)53-25-31(3)56(7)47(63)30(2)21-45(60)61)54-46(62)32(4)51-26-35-13-18-37(50)23-42(35)66-39-19-14-34(15-20-39)41-27-52-43(58(41)9)28-55(5)6/h11-20,23,27,30-32,38,40,51H,10,21-22,24-26,28-29H2,1-9H3,(H,53,59)(H,54,62)(H,60,61)/t30-,31+,32+,38+,40+/m1/s1. The van der Waals surface area contributed by atoms with Gasteiger partial charge in [0.25, 0.3) is 0 Å². The Morgan fingerprint density at radius 3 is 2.17 bits per heavy atom. The van der Waals surface area contributed by atoms with Gasteiger partial charge in [-0.15, -0.1) is 0 Å². The average Bonchev–Trinajstić information content (AvgIpc) is 3.63. The molecule has 0 saturated heterocycles. The van der Waals surface area contributed by atoms with Crippen LogP contribution in [0.4, 0.5) is 0 Å². The summed E-state index contributed by atoms with van der Waals surface area (Å²) in [5.41, 5.74) is 3.53. The monoisotopic (exact) mass is 950 g/mol. The van der Waals surface area contributed by atoms with E-state index in [0.717, 1.165) is 28.2 Å². The van der Waals surface area contributed by atoms with Gasteiger partial charge >= 0.3 is 5.97 Å². The largest absolute Gasteiger partial charge is 0.481 e. The lowest BCUT2D eigenvalue weighted by molar-refractivity contribution is -0.144. The number of hydrogen-bond donors (Lipinski definition) is 4. The minimum atomic E-state index is -1.08. The molecular weight excluding hydrogens is 887 g/mol.